The molecule has 2 N–H and O–H groups in total. The van der Waals surface area contributed by atoms with E-state index in [9.17, 15) is 13.6 Å². The van der Waals surface area contributed by atoms with E-state index in [1.54, 1.807) is 6.07 Å². The smallest absolute Gasteiger partial charge is 0.281 e. The van der Waals surface area contributed by atoms with Crippen LogP contribution in [0, 0.1) is 0 Å². The van der Waals surface area contributed by atoms with Gasteiger partial charge in [0.15, 0.2) is 5.82 Å². The van der Waals surface area contributed by atoms with E-state index in [0.717, 1.165) is 23.8 Å². The molecule has 146 valence electrons. The Labute approximate surface area is 167 Å². The molecular weight excluding hydrogens is 411 g/mol. The van der Waals surface area contributed by atoms with E-state index < -0.39 is 18.0 Å². The van der Waals surface area contributed by atoms with Crippen LogP contribution in [-0.2, 0) is 0 Å². The van der Waals surface area contributed by atoms with Crippen molar-refractivity contribution >= 4 is 42.3 Å². The third-order valence-corrected chi connectivity index (χ3v) is 3.51. The Morgan fingerprint density at radius 3 is 2.65 bits per heavy atom. The van der Waals surface area contributed by atoms with Crippen molar-refractivity contribution in [3.8, 4) is 5.82 Å². The largest absolute Gasteiger partial charge is 0.351 e. The number of halogens is 5. The van der Waals surface area contributed by atoms with Crippen LogP contribution >= 0.6 is 36.4 Å². The molecule has 0 radical (unpaired) electrons. The van der Waals surface area contributed by atoms with Gasteiger partial charge in [-0.15, -0.1) is 24.8 Å². The maximum atomic E-state index is 13.5. The molecule has 0 saturated carbocycles. The molecule has 2 aromatic rings. The van der Waals surface area contributed by atoms with Crippen LogP contribution in [0.25, 0.3) is 5.82 Å². The lowest BCUT2D eigenvalue weighted by Gasteiger charge is -2.10. The zero-order valence-electron chi connectivity index (χ0n) is 13.9. The summed E-state index contributed by atoms with van der Waals surface area (Å²) in [6.07, 6.45) is 0.587. The van der Waals surface area contributed by atoms with Gasteiger partial charge in [-0.3, -0.25) is 4.79 Å². The van der Waals surface area contributed by atoms with Gasteiger partial charge in [-0.1, -0.05) is 18.5 Å². The van der Waals surface area contributed by atoms with Gasteiger partial charge in [0.1, 0.15) is 5.69 Å². The second kappa shape index (κ2) is 12.0. The maximum Gasteiger partial charge on any atom is 0.281 e. The van der Waals surface area contributed by atoms with Crippen molar-refractivity contribution in [2.75, 3.05) is 19.6 Å². The highest BCUT2D eigenvalue weighted by Gasteiger charge is 2.26. The molecule has 11 heteroatoms. The summed E-state index contributed by atoms with van der Waals surface area (Å²) >= 11 is 5.98. The fourth-order valence-corrected chi connectivity index (χ4v) is 2.31. The molecule has 0 unspecified atom stereocenters. The normalized spacial score (nSPS) is 10.2. The fraction of sp³-hybridized carbons (Fsp3) is 0.400. The molecule has 0 fully saturated rings. The van der Waals surface area contributed by atoms with Crippen molar-refractivity contribution in [1.82, 2.24) is 25.4 Å². The molecule has 0 spiro atoms. The van der Waals surface area contributed by atoms with E-state index in [2.05, 4.69) is 20.7 Å². The highest BCUT2D eigenvalue weighted by molar-refractivity contribution is 6.32. The van der Waals surface area contributed by atoms with Crippen LogP contribution in [0.15, 0.2) is 24.5 Å². The molecule has 0 saturated heterocycles. The first-order valence-electron chi connectivity index (χ1n) is 7.52. The molecule has 2 rings (SSSR count). The standard InChI is InChI=1S/C15H18ClF2N5O.2ClH/c1-2-5-19-7-8-21-15(24)10-9-22-23(12(10)13(17)18)14-11(16)4-3-6-20-14;;/h3-4,6,9,13,19H,2,5,7-8H2,1H3,(H,21,24);2*1H. The zero-order chi connectivity index (χ0) is 17.5. The molecule has 0 atom stereocenters. The summed E-state index contributed by atoms with van der Waals surface area (Å²) in [6, 6.07) is 3.09. The Kier molecular flexibility index (Phi) is 11.3. The molecule has 2 aromatic heterocycles. The van der Waals surface area contributed by atoms with Gasteiger partial charge in [0.25, 0.3) is 12.3 Å². The maximum absolute atomic E-state index is 13.5. The van der Waals surface area contributed by atoms with Gasteiger partial charge >= 0.3 is 0 Å². The molecule has 0 bridgehead atoms. The van der Waals surface area contributed by atoms with Gasteiger partial charge in [0, 0.05) is 19.3 Å². The summed E-state index contributed by atoms with van der Waals surface area (Å²) in [5, 5.41) is 9.72. The van der Waals surface area contributed by atoms with Crippen molar-refractivity contribution in [3.63, 3.8) is 0 Å². The van der Waals surface area contributed by atoms with Gasteiger partial charge < -0.3 is 10.6 Å². The molecule has 0 aliphatic heterocycles. The first-order valence-corrected chi connectivity index (χ1v) is 7.90. The van der Waals surface area contributed by atoms with Crippen molar-refractivity contribution in [2.24, 2.45) is 0 Å². The fourth-order valence-electron chi connectivity index (χ4n) is 2.11. The number of rotatable bonds is 8. The highest BCUT2D eigenvalue weighted by Crippen LogP contribution is 2.27. The number of pyridine rings is 1. The van der Waals surface area contributed by atoms with E-state index in [-0.39, 0.29) is 41.2 Å². The quantitative estimate of drug-likeness (QED) is 0.629. The number of aromatic nitrogens is 3. The van der Waals surface area contributed by atoms with Gasteiger partial charge in [0.2, 0.25) is 0 Å². The number of carbonyl (C=O) groups excluding carboxylic acids is 1. The van der Waals surface area contributed by atoms with Crippen LogP contribution in [-0.4, -0.2) is 40.3 Å². The SMILES string of the molecule is CCCNCCNC(=O)c1cnn(-c2ncccc2Cl)c1C(F)F.Cl.Cl. The average Bonchev–Trinajstić information content (AvgIpc) is 3.00. The first-order chi connectivity index (χ1) is 11.6. The van der Waals surface area contributed by atoms with Crippen molar-refractivity contribution in [2.45, 2.75) is 19.8 Å². The zero-order valence-corrected chi connectivity index (χ0v) is 16.3. The van der Waals surface area contributed by atoms with Crippen molar-refractivity contribution < 1.29 is 13.6 Å². The minimum absolute atomic E-state index is 0. The number of carbonyl (C=O) groups is 1. The van der Waals surface area contributed by atoms with Crippen molar-refractivity contribution in [3.05, 3.63) is 40.8 Å². The Hall–Kier alpha value is -1.48. The summed E-state index contributed by atoms with van der Waals surface area (Å²) in [5.41, 5.74) is -0.725. The van der Waals surface area contributed by atoms with Crippen LogP contribution in [0.4, 0.5) is 8.78 Å². The summed E-state index contributed by atoms with van der Waals surface area (Å²) in [5.74, 6) is -0.556. The summed E-state index contributed by atoms with van der Waals surface area (Å²) in [4.78, 5) is 16.1. The molecule has 2 heterocycles. The lowest BCUT2D eigenvalue weighted by molar-refractivity contribution is 0.0937. The summed E-state index contributed by atoms with van der Waals surface area (Å²) < 4.78 is 27.8. The van der Waals surface area contributed by atoms with Crippen LogP contribution in [0.2, 0.25) is 5.02 Å². The third kappa shape index (κ3) is 6.05. The van der Waals surface area contributed by atoms with E-state index in [1.165, 1.54) is 12.3 Å². The van der Waals surface area contributed by atoms with E-state index in [4.69, 9.17) is 11.6 Å². The van der Waals surface area contributed by atoms with Gasteiger partial charge in [-0.2, -0.15) is 5.10 Å². The molecule has 0 aliphatic rings. The minimum atomic E-state index is -2.90. The van der Waals surface area contributed by atoms with Crippen LogP contribution in [0.1, 0.15) is 35.8 Å². The number of nitrogens with zero attached hydrogens (tertiary/aromatic N) is 3. The molecule has 0 aromatic carbocycles. The summed E-state index contributed by atoms with van der Waals surface area (Å²) in [7, 11) is 0. The highest BCUT2D eigenvalue weighted by atomic mass is 35.5. The number of hydrogen-bond acceptors (Lipinski definition) is 4. The Balaban J connectivity index is 0.00000312. The Bertz CT molecular complexity index is 700. The number of amides is 1. The average molecular weight is 431 g/mol. The predicted octanol–water partition coefficient (Wildman–Crippen LogP) is 3.43. The number of hydrogen-bond donors (Lipinski definition) is 2. The monoisotopic (exact) mass is 429 g/mol. The van der Waals surface area contributed by atoms with Gasteiger partial charge in [-0.25, -0.2) is 18.4 Å². The lowest BCUT2D eigenvalue weighted by Crippen LogP contribution is -2.32. The van der Waals surface area contributed by atoms with Crippen molar-refractivity contribution in [1.29, 1.82) is 0 Å². The van der Waals surface area contributed by atoms with Crippen LogP contribution < -0.4 is 10.6 Å². The van der Waals surface area contributed by atoms with Gasteiger partial charge in [0.05, 0.1) is 16.8 Å². The second-order valence-corrected chi connectivity index (χ2v) is 5.38. The van der Waals surface area contributed by atoms with E-state index >= 15 is 0 Å². The Morgan fingerprint density at radius 1 is 1.31 bits per heavy atom. The molecular formula is C15H20Cl3F2N5O. The van der Waals surface area contributed by atoms with Crippen LogP contribution in [0.5, 0.6) is 0 Å². The number of nitrogens with one attached hydrogen (secondary N) is 2. The van der Waals surface area contributed by atoms with E-state index in [0.29, 0.717) is 13.1 Å². The summed E-state index contributed by atoms with van der Waals surface area (Å²) in [6.45, 7) is 3.74. The third-order valence-electron chi connectivity index (χ3n) is 3.21. The Morgan fingerprint density at radius 2 is 2.04 bits per heavy atom. The predicted molar refractivity (Wildman–Crippen MR) is 101 cm³/mol. The minimum Gasteiger partial charge on any atom is -0.351 e. The second-order valence-electron chi connectivity index (χ2n) is 4.97. The first kappa shape index (κ1) is 24.5. The molecule has 1 amide bonds. The number of alkyl halides is 2. The van der Waals surface area contributed by atoms with Gasteiger partial charge in [-0.05, 0) is 25.1 Å². The molecule has 26 heavy (non-hydrogen) atoms. The van der Waals surface area contributed by atoms with Crippen LogP contribution in [0.3, 0.4) is 0 Å². The molecule has 6 nitrogen and oxygen atoms in total. The lowest BCUT2D eigenvalue weighted by atomic mass is 10.2. The molecule has 0 aliphatic carbocycles. The topological polar surface area (TPSA) is 71.8 Å². The van der Waals surface area contributed by atoms with E-state index in [1.807, 2.05) is 6.92 Å².